The Kier molecular flexibility index (Phi) is 5.23. The van der Waals surface area contributed by atoms with Crippen LogP contribution >= 0.6 is 0 Å². The fourth-order valence-corrected chi connectivity index (χ4v) is 3.61. The number of hydrogen-bond acceptors (Lipinski definition) is 5. The number of ketones is 1. The summed E-state index contributed by atoms with van der Waals surface area (Å²) in [5, 5.41) is 2.88. The number of amides is 1. The molecule has 6 nitrogen and oxygen atoms in total. The van der Waals surface area contributed by atoms with Crippen molar-refractivity contribution in [3.05, 3.63) is 83.6 Å². The minimum atomic E-state index is -0.597. The zero-order valence-corrected chi connectivity index (χ0v) is 16.8. The van der Waals surface area contributed by atoms with Gasteiger partial charge in [-0.3, -0.25) is 9.59 Å². The zero-order valence-electron chi connectivity index (χ0n) is 16.8. The average Bonchev–Trinajstić information content (AvgIpc) is 3.61. The highest BCUT2D eigenvalue weighted by Crippen LogP contribution is 2.51. The van der Waals surface area contributed by atoms with Gasteiger partial charge in [0.1, 0.15) is 17.3 Å². The van der Waals surface area contributed by atoms with E-state index >= 15 is 0 Å². The summed E-state index contributed by atoms with van der Waals surface area (Å²) in [5.41, 5.74) is 1.17. The average molecular weight is 402 g/mol. The lowest BCUT2D eigenvalue weighted by molar-refractivity contribution is -0.118. The van der Waals surface area contributed by atoms with Gasteiger partial charge in [0.15, 0.2) is 5.78 Å². The van der Waals surface area contributed by atoms with Crippen LogP contribution in [-0.2, 0) is 10.2 Å². The first-order chi connectivity index (χ1) is 14.6. The first kappa shape index (κ1) is 19.6. The molecule has 0 atom stereocenters. The smallest absolute Gasteiger partial charge is 0.236 e. The van der Waals surface area contributed by atoms with Crippen molar-refractivity contribution in [2.75, 3.05) is 19.5 Å². The van der Waals surface area contributed by atoms with Crippen molar-refractivity contribution in [3.8, 4) is 11.5 Å². The maximum atomic E-state index is 13.0. The third-order valence-electron chi connectivity index (χ3n) is 5.43. The van der Waals surface area contributed by atoms with Crippen molar-refractivity contribution < 1.29 is 19.1 Å². The molecule has 1 heterocycles. The molecule has 0 bridgehead atoms. The number of hydrogen-bond donors (Lipinski definition) is 1. The van der Waals surface area contributed by atoms with Crippen molar-refractivity contribution in [2.24, 2.45) is 0 Å². The summed E-state index contributed by atoms with van der Waals surface area (Å²) >= 11 is 0. The monoisotopic (exact) mass is 402 g/mol. The van der Waals surface area contributed by atoms with E-state index in [1.54, 1.807) is 37.4 Å². The summed E-state index contributed by atoms with van der Waals surface area (Å²) in [4.78, 5) is 30.0. The number of ether oxygens (including phenoxy) is 2. The van der Waals surface area contributed by atoms with Crippen LogP contribution in [0.25, 0.3) is 0 Å². The van der Waals surface area contributed by atoms with Crippen LogP contribution < -0.4 is 14.8 Å². The molecule has 0 aliphatic heterocycles. The second-order valence-corrected chi connectivity index (χ2v) is 7.20. The highest BCUT2D eigenvalue weighted by molar-refractivity contribution is 6.10. The lowest BCUT2D eigenvalue weighted by Gasteiger charge is -2.18. The minimum Gasteiger partial charge on any atom is -0.496 e. The summed E-state index contributed by atoms with van der Waals surface area (Å²) in [6, 6.07) is 17.9. The van der Waals surface area contributed by atoms with Crippen LogP contribution in [0, 0.1) is 0 Å². The molecule has 1 aromatic heterocycles. The molecular formula is C24H22N2O4. The molecule has 30 heavy (non-hydrogen) atoms. The van der Waals surface area contributed by atoms with Gasteiger partial charge >= 0.3 is 0 Å². The Labute approximate surface area is 174 Å². The van der Waals surface area contributed by atoms with Gasteiger partial charge in [-0.15, -0.1) is 0 Å². The van der Waals surface area contributed by atoms with Gasteiger partial charge in [-0.05, 0) is 43.2 Å². The van der Waals surface area contributed by atoms with E-state index in [2.05, 4.69) is 10.3 Å². The SMILES string of the molecule is COc1ccccc1C(=O)c1ccc(NC(=O)C2(c3ccccc3OC)CC2)nc1. The highest BCUT2D eigenvalue weighted by Gasteiger charge is 2.52. The van der Waals surface area contributed by atoms with E-state index in [4.69, 9.17) is 9.47 Å². The van der Waals surface area contributed by atoms with Crippen LogP contribution in [0.3, 0.4) is 0 Å². The number of carbonyl (C=O) groups is 2. The van der Waals surface area contributed by atoms with E-state index in [1.165, 1.54) is 13.3 Å². The fraction of sp³-hybridized carbons (Fsp3) is 0.208. The van der Waals surface area contributed by atoms with Gasteiger partial charge in [0.2, 0.25) is 5.91 Å². The maximum absolute atomic E-state index is 13.0. The Morgan fingerprint density at radius 2 is 1.57 bits per heavy atom. The molecule has 4 rings (SSSR count). The molecule has 0 radical (unpaired) electrons. The maximum Gasteiger partial charge on any atom is 0.236 e. The molecule has 6 heteroatoms. The Morgan fingerprint density at radius 3 is 2.20 bits per heavy atom. The summed E-state index contributed by atoms with van der Waals surface area (Å²) < 4.78 is 10.7. The quantitative estimate of drug-likeness (QED) is 0.605. The molecule has 1 aliphatic carbocycles. The van der Waals surface area contributed by atoms with E-state index in [0.29, 0.717) is 28.4 Å². The van der Waals surface area contributed by atoms with Gasteiger partial charge in [0.05, 0.1) is 25.2 Å². The number of para-hydroxylation sites is 2. The van der Waals surface area contributed by atoms with Crippen molar-refractivity contribution >= 4 is 17.5 Å². The number of methoxy groups -OCH3 is 2. The first-order valence-corrected chi connectivity index (χ1v) is 9.68. The third-order valence-corrected chi connectivity index (χ3v) is 5.43. The van der Waals surface area contributed by atoms with Crippen molar-refractivity contribution in [1.82, 2.24) is 4.98 Å². The number of benzene rings is 2. The van der Waals surface area contributed by atoms with Crippen LogP contribution in [0.2, 0.25) is 0 Å². The molecule has 152 valence electrons. The number of nitrogens with one attached hydrogen (secondary N) is 1. The minimum absolute atomic E-state index is 0.122. The number of anilines is 1. The Morgan fingerprint density at radius 1 is 0.900 bits per heavy atom. The van der Waals surface area contributed by atoms with Crippen molar-refractivity contribution in [2.45, 2.75) is 18.3 Å². The molecule has 0 saturated heterocycles. The zero-order chi connectivity index (χ0) is 21.1. The van der Waals surface area contributed by atoms with E-state index in [-0.39, 0.29) is 11.7 Å². The number of nitrogens with zero attached hydrogens (tertiary/aromatic N) is 1. The van der Waals surface area contributed by atoms with Gasteiger partial charge in [-0.1, -0.05) is 30.3 Å². The number of pyridine rings is 1. The Bertz CT molecular complexity index is 1090. The molecule has 1 aliphatic rings. The predicted octanol–water partition coefficient (Wildman–Crippen LogP) is 4.00. The lowest BCUT2D eigenvalue weighted by Crippen LogP contribution is -2.28. The van der Waals surface area contributed by atoms with Crippen LogP contribution in [0.5, 0.6) is 11.5 Å². The van der Waals surface area contributed by atoms with E-state index in [0.717, 1.165) is 18.4 Å². The number of carbonyl (C=O) groups excluding carboxylic acids is 2. The van der Waals surface area contributed by atoms with Gasteiger partial charge in [0.25, 0.3) is 0 Å². The molecule has 0 spiro atoms. The van der Waals surface area contributed by atoms with E-state index in [9.17, 15) is 9.59 Å². The fourth-order valence-electron chi connectivity index (χ4n) is 3.61. The van der Waals surface area contributed by atoms with Gasteiger partial charge in [0, 0.05) is 17.3 Å². The van der Waals surface area contributed by atoms with E-state index in [1.807, 2.05) is 30.3 Å². The van der Waals surface area contributed by atoms with E-state index < -0.39 is 5.41 Å². The molecule has 1 amide bonds. The first-order valence-electron chi connectivity index (χ1n) is 9.68. The second-order valence-electron chi connectivity index (χ2n) is 7.20. The summed E-state index contributed by atoms with van der Waals surface area (Å²) in [6.45, 7) is 0. The van der Waals surface area contributed by atoms with Crippen LogP contribution in [0.15, 0.2) is 66.9 Å². The summed E-state index contributed by atoms with van der Waals surface area (Å²) in [5.74, 6) is 1.30. The Balaban J connectivity index is 1.51. The Hall–Kier alpha value is -3.67. The van der Waals surface area contributed by atoms with Crippen LogP contribution in [0.4, 0.5) is 5.82 Å². The van der Waals surface area contributed by atoms with Crippen molar-refractivity contribution in [3.63, 3.8) is 0 Å². The predicted molar refractivity (Wildman–Crippen MR) is 113 cm³/mol. The second kappa shape index (κ2) is 7.99. The van der Waals surface area contributed by atoms with Crippen LogP contribution in [-0.4, -0.2) is 30.9 Å². The van der Waals surface area contributed by atoms with Crippen molar-refractivity contribution in [1.29, 1.82) is 0 Å². The van der Waals surface area contributed by atoms with Gasteiger partial charge < -0.3 is 14.8 Å². The molecule has 1 fully saturated rings. The summed E-state index contributed by atoms with van der Waals surface area (Å²) in [6.07, 6.45) is 2.97. The van der Waals surface area contributed by atoms with Gasteiger partial charge in [-0.25, -0.2) is 4.98 Å². The summed E-state index contributed by atoms with van der Waals surface area (Å²) in [7, 11) is 3.13. The highest BCUT2D eigenvalue weighted by atomic mass is 16.5. The normalized spacial score (nSPS) is 13.9. The molecule has 2 aromatic carbocycles. The third kappa shape index (κ3) is 3.52. The number of rotatable bonds is 7. The topological polar surface area (TPSA) is 77.5 Å². The molecule has 0 unspecified atom stereocenters. The molecule has 1 saturated carbocycles. The molecule has 1 N–H and O–H groups in total. The van der Waals surface area contributed by atoms with Crippen LogP contribution in [0.1, 0.15) is 34.3 Å². The van der Waals surface area contributed by atoms with Gasteiger partial charge in [-0.2, -0.15) is 0 Å². The molecule has 3 aromatic rings. The number of aromatic nitrogens is 1. The standard InChI is InChI=1S/C24H22N2O4/c1-29-19-9-5-3-7-17(19)22(27)16-11-12-21(25-15-16)26-23(28)24(13-14-24)18-8-4-6-10-20(18)30-2/h3-12,15H,13-14H2,1-2H3,(H,25,26,28). The largest absolute Gasteiger partial charge is 0.496 e. The molecular weight excluding hydrogens is 380 g/mol. The lowest BCUT2D eigenvalue weighted by atomic mass is 9.94.